The zero-order chi connectivity index (χ0) is 23.5. The summed E-state index contributed by atoms with van der Waals surface area (Å²) in [6.45, 7) is 13.3. The third-order valence-corrected chi connectivity index (χ3v) is 6.25. The summed E-state index contributed by atoms with van der Waals surface area (Å²) in [5.41, 5.74) is 6.67. The Morgan fingerprint density at radius 1 is 0.594 bits per heavy atom. The van der Waals surface area contributed by atoms with Crippen molar-refractivity contribution in [3.05, 3.63) is 71.8 Å². The average Bonchev–Trinajstić information content (AvgIpc) is 2.73. The van der Waals surface area contributed by atoms with E-state index < -0.39 is 17.4 Å². The highest BCUT2D eigenvalue weighted by molar-refractivity contribution is 7.18. The molecule has 3 aromatic rings. The first-order valence-electron chi connectivity index (χ1n) is 10.6. The highest BCUT2D eigenvalue weighted by Crippen LogP contribution is 2.42. The lowest BCUT2D eigenvalue weighted by Crippen LogP contribution is -2.17. The SMILES string of the molecule is CC(C)(C)c1ccc(-c2cc(O[PH2]=O)ccc2-c2ccc(O[PH2]=O)cc2)c(C(C)(C)C)c1. The highest BCUT2D eigenvalue weighted by atomic mass is 31.1. The summed E-state index contributed by atoms with van der Waals surface area (Å²) < 4.78 is 32.6. The van der Waals surface area contributed by atoms with E-state index >= 15 is 0 Å². The summed E-state index contributed by atoms with van der Waals surface area (Å²) >= 11 is 0. The van der Waals surface area contributed by atoms with Gasteiger partial charge in [0.15, 0.2) is 0 Å². The molecule has 3 aromatic carbocycles. The third-order valence-electron chi connectivity index (χ3n) is 5.51. The van der Waals surface area contributed by atoms with Crippen LogP contribution in [0.5, 0.6) is 11.5 Å². The summed E-state index contributed by atoms with van der Waals surface area (Å²) in [6.07, 6.45) is 0. The van der Waals surface area contributed by atoms with E-state index in [1.54, 1.807) is 0 Å². The maximum Gasteiger partial charge on any atom is 0.225 e. The van der Waals surface area contributed by atoms with E-state index in [9.17, 15) is 9.13 Å². The van der Waals surface area contributed by atoms with Crippen LogP contribution in [0.25, 0.3) is 22.3 Å². The van der Waals surface area contributed by atoms with Crippen LogP contribution in [0.3, 0.4) is 0 Å². The molecule has 0 bridgehead atoms. The Hall–Kier alpha value is -2.28. The fourth-order valence-corrected chi connectivity index (χ4v) is 4.29. The Morgan fingerprint density at radius 2 is 1.16 bits per heavy atom. The average molecular weight is 470 g/mol. The molecule has 0 aromatic heterocycles. The molecule has 0 spiro atoms. The lowest BCUT2D eigenvalue weighted by atomic mass is 9.76. The topological polar surface area (TPSA) is 52.6 Å². The molecule has 0 radical (unpaired) electrons. The van der Waals surface area contributed by atoms with Crippen LogP contribution in [0.1, 0.15) is 52.7 Å². The molecule has 0 amide bonds. The van der Waals surface area contributed by atoms with Gasteiger partial charge < -0.3 is 9.05 Å². The normalized spacial score (nSPS) is 12.7. The molecular weight excluding hydrogens is 438 g/mol. The van der Waals surface area contributed by atoms with Crippen LogP contribution in [0, 0.1) is 0 Å². The van der Waals surface area contributed by atoms with Crippen molar-refractivity contribution in [2.24, 2.45) is 0 Å². The minimum absolute atomic E-state index is 0.0393. The highest BCUT2D eigenvalue weighted by Gasteiger charge is 2.24. The second-order valence-electron chi connectivity index (χ2n) is 9.92. The second kappa shape index (κ2) is 9.69. The van der Waals surface area contributed by atoms with E-state index in [0.717, 1.165) is 22.3 Å². The van der Waals surface area contributed by atoms with Crippen molar-refractivity contribution in [2.75, 3.05) is 0 Å². The van der Waals surface area contributed by atoms with Gasteiger partial charge in [0.25, 0.3) is 0 Å². The molecule has 0 fully saturated rings. The fraction of sp³-hybridized carbons (Fsp3) is 0.308. The largest absolute Gasteiger partial charge is 0.447 e. The van der Waals surface area contributed by atoms with Crippen molar-refractivity contribution in [1.82, 2.24) is 0 Å². The predicted molar refractivity (Wildman–Crippen MR) is 137 cm³/mol. The van der Waals surface area contributed by atoms with Gasteiger partial charge in [-0.2, -0.15) is 0 Å². The molecule has 3 rings (SSSR count). The Kier molecular flexibility index (Phi) is 7.38. The van der Waals surface area contributed by atoms with Gasteiger partial charge in [0.05, 0.1) is 0 Å². The molecule has 0 saturated carbocycles. The monoisotopic (exact) mass is 470 g/mol. The first-order chi connectivity index (χ1) is 15.0. The molecule has 0 heterocycles. The summed E-state index contributed by atoms with van der Waals surface area (Å²) in [7, 11) is -2.64. The van der Waals surface area contributed by atoms with E-state index in [2.05, 4.69) is 59.7 Å². The van der Waals surface area contributed by atoms with Gasteiger partial charge in [0, 0.05) is 0 Å². The Bertz CT molecular complexity index is 1120. The van der Waals surface area contributed by atoms with E-state index in [4.69, 9.17) is 9.05 Å². The third kappa shape index (κ3) is 5.55. The maximum atomic E-state index is 11.2. The predicted octanol–water partition coefficient (Wildman–Crippen LogP) is 7.72. The zero-order valence-corrected chi connectivity index (χ0v) is 21.9. The van der Waals surface area contributed by atoms with E-state index in [0.29, 0.717) is 11.5 Å². The van der Waals surface area contributed by atoms with Crippen LogP contribution >= 0.6 is 17.4 Å². The van der Waals surface area contributed by atoms with Gasteiger partial charge in [0.2, 0.25) is 17.4 Å². The maximum absolute atomic E-state index is 11.2. The van der Waals surface area contributed by atoms with Crippen molar-refractivity contribution in [2.45, 2.75) is 52.4 Å². The van der Waals surface area contributed by atoms with Crippen molar-refractivity contribution in [1.29, 1.82) is 0 Å². The lowest BCUT2D eigenvalue weighted by Gasteiger charge is -2.28. The van der Waals surface area contributed by atoms with Gasteiger partial charge >= 0.3 is 0 Å². The smallest absolute Gasteiger partial charge is 0.225 e. The van der Waals surface area contributed by atoms with E-state index in [1.165, 1.54) is 11.1 Å². The lowest BCUT2D eigenvalue weighted by molar-refractivity contribution is 0.524. The summed E-state index contributed by atoms with van der Waals surface area (Å²) in [5.74, 6) is 1.17. The van der Waals surface area contributed by atoms with Crippen LogP contribution in [-0.2, 0) is 20.0 Å². The molecule has 0 aliphatic rings. The Morgan fingerprint density at radius 3 is 1.72 bits per heavy atom. The first kappa shape index (κ1) is 24.4. The molecule has 170 valence electrons. The molecule has 2 unspecified atom stereocenters. The summed E-state index contributed by atoms with van der Waals surface area (Å²) in [6, 6.07) is 20.1. The van der Waals surface area contributed by atoms with Gasteiger partial charge in [-0.3, -0.25) is 9.13 Å². The Labute approximate surface area is 193 Å². The molecule has 0 aliphatic heterocycles. The molecule has 2 atom stereocenters. The van der Waals surface area contributed by atoms with Crippen LogP contribution < -0.4 is 9.05 Å². The number of hydrogen-bond acceptors (Lipinski definition) is 4. The number of benzene rings is 3. The summed E-state index contributed by atoms with van der Waals surface area (Å²) in [5, 5.41) is 0. The minimum Gasteiger partial charge on any atom is -0.447 e. The quantitative estimate of drug-likeness (QED) is 0.346. The zero-order valence-electron chi connectivity index (χ0n) is 19.6. The number of rotatable bonds is 6. The van der Waals surface area contributed by atoms with E-state index in [1.807, 2.05) is 42.5 Å². The molecular formula is C26H32O4P2. The molecule has 32 heavy (non-hydrogen) atoms. The fourth-order valence-electron chi connectivity index (χ4n) is 3.76. The van der Waals surface area contributed by atoms with Gasteiger partial charge in [0.1, 0.15) is 11.5 Å². The van der Waals surface area contributed by atoms with Gasteiger partial charge in [-0.15, -0.1) is 0 Å². The number of hydrogen-bond donors (Lipinski definition) is 0. The second-order valence-corrected chi connectivity index (χ2v) is 10.8. The molecule has 0 saturated heterocycles. The molecule has 4 nitrogen and oxygen atoms in total. The van der Waals surface area contributed by atoms with Crippen LogP contribution in [0.4, 0.5) is 0 Å². The van der Waals surface area contributed by atoms with Gasteiger partial charge in [-0.25, -0.2) is 0 Å². The van der Waals surface area contributed by atoms with Crippen LogP contribution in [0.15, 0.2) is 60.7 Å². The van der Waals surface area contributed by atoms with Crippen LogP contribution in [0.2, 0.25) is 0 Å². The molecule has 0 N–H and O–H groups in total. The van der Waals surface area contributed by atoms with E-state index in [-0.39, 0.29) is 10.8 Å². The van der Waals surface area contributed by atoms with Gasteiger partial charge in [-0.05, 0) is 68.5 Å². The minimum atomic E-state index is -1.34. The van der Waals surface area contributed by atoms with Crippen molar-refractivity contribution in [3.8, 4) is 33.8 Å². The first-order valence-corrected chi connectivity index (χ1v) is 12.5. The molecule has 6 heteroatoms. The summed E-state index contributed by atoms with van der Waals surface area (Å²) in [4.78, 5) is 0. The molecule has 0 aliphatic carbocycles. The van der Waals surface area contributed by atoms with Crippen molar-refractivity contribution >= 4 is 17.4 Å². The van der Waals surface area contributed by atoms with Gasteiger partial charge in [-0.1, -0.05) is 77.9 Å². The van der Waals surface area contributed by atoms with Crippen molar-refractivity contribution in [3.63, 3.8) is 0 Å². The standard InChI is InChI=1S/C26H32O4P2/c1-25(2,3)18-9-13-22(24(15-18)26(4,5)6)23-16-20(30-32-28)12-14-21(23)17-7-10-19(11-8-17)29-31-27/h7-16H,31-32H2,1-6H3. The van der Waals surface area contributed by atoms with Crippen LogP contribution in [-0.4, -0.2) is 0 Å². The van der Waals surface area contributed by atoms with Crippen molar-refractivity contribution < 1.29 is 18.2 Å². The Balaban J connectivity index is 2.26.